The molecule has 27 heavy (non-hydrogen) atoms. The molecule has 1 N–H and O–H groups in total. The van der Waals surface area contributed by atoms with E-state index >= 15 is 0 Å². The highest BCUT2D eigenvalue weighted by Crippen LogP contribution is 2.43. The van der Waals surface area contributed by atoms with Gasteiger partial charge in [0.05, 0.1) is 11.0 Å². The highest BCUT2D eigenvalue weighted by atomic mass is 16.6. The molecule has 2 atom stereocenters. The van der Waals surface area contributed by atoms with Gasteiger partial charge >= 0.3 is 0 Å². The Labute approximate surface area is 159 Å². The number of nitrogens with one attached hydrogen (secondary N) is 1. The van der Waals surface area contributed by atoms with Crippen molar-refractivity contribution in [2.75, 3.05) is 13.7 Å². The molecule has 3 rings (SSSR count). The molecule has 0 aromatic carbocycles. The van der Waals surface area contributed by atoms with Crippen LogP contribution in [-0.4, -0.2) is 30.8 Å². The topological polar surface area (TPSA) is 73.6 Å². The zero-order valence-corrected chi connectivity index (χ0v) is 16.2. The molecule has 0 aromatic rings. The summed E-state index contributed by atoms with van der Waals surface area (Å²) in [5, 5.41) is 14.7. The third-order valence-corrected chi connectivity index (χ3v) is 5.31. The van der Waals surface area contributed by atoms with Crippen molar-refractivity contribution in [3.05, 3.63) is 80.9 Å². The van der Waals surface area contributed by atoms with Crippen molar-refractivity contribution in [1.82, 2.24) is 5.32 Å². The van der Waals surface area contributed by atoms with Crippen molar-refractivity contribution < 1.29 is 14.4 Å². The average Bonchev–Trinajstić information content (AvgIpc) is 2.98. The first-order chi connectivity index (χ1) is 12.8. The van der Waals surface area contributed by atoms with E-state index in [0.29, 0.717) is 11.3 Å². The minimum Gasteiger partial charge on any atom is -0.488 e. The zero-order valence-electron chi connectivity index (χ0n) is 16.2. The van der Waals surface area contributed by atoms with Crippen molar-refractivity contribution in [3.8, 4) is 0 Å². The Balaban J connectivity index is 2.07. The van der Waals surface area contributed by atoms with Crippen LogP contribution in [0, 0.1) is 15.5 Å². The van der Waals surface area contributed by atoms with Crippen molar-refractivity contribution >= 4 is 0 Å². The summed E-state index contributed by atoms with van der Waals surface area (Å²) < 4.78 is 11.8. The molecule has 0 radical (unpaired) electrons. The molecule has 0 saturated carbocycles. The van der Waals surface area contributed by atoms with Crippen LogP contribution in [0.3, 0.4) is 0 Å². The maximum Gasteiger partial charge on any atom is 0.243 e. The van der Waals surface area contributed by atoms with E-state index in [1.807, 2.05) is 18.2 Å². The molecule has 0 aromatic heterocycles. The van der Waals surface area contributed by atoms with E-state index in [0.717, 1.165) is 12.1 Å². The summed E-state index contributed by atoms with van der Waals surface area (Å²) in [5.41, 5.74) is 2.92. The fourth-order valence-corrected chi connectivity index (χ4v) is 3.68. The highest BCUT2D eigenvalue weighted by Gasteiger charge is 2.43. The predicted octanol–water partition coefficient (Wildman–Crippen LogP) is 3.79. The number of nitrogens with zero attached hydrogens (tertiary/aromatic N) is 1. The third kappa shape index (κ3) is 3.90. The van der Waals surface area contributed by atoms with Gasteiger partial charge in [0.1, 0.15) is 18.5 Å². The highest BCUT2D eigenvalue weighted by molar-refractivity contribution is 5.41. The van der Waals surface area contributed by atoms with Gasteiger partial charge in [0.2, 0.25) is 5.70 Å². The predicted molar refractivity (Wildman–Crippen MR) is 104 cm³/mol. The standard InChI is InChI=1S/C21H26N2O4/c1-14(23(24)25)11-15-9-10-18-20(27-19(15)13-26-4)21(2,3)16-7-5-6-8-17(12-16)22-18/h5-11,18,20,22H,12-13H2,1-4H3. The van der Waals surface area contributed by atoms with E-state index in [2.05, 4.69) is 37.4 Å². The minimum absolute atomic E-state index is 0.0580. The Kier molecular flexibility index (Phi) is 5.37. The third-order valence-electron chi connectivity index (χ3n) is 5.31. The van der Waals surface area contributed by atoms with E-state index in [4.69, 9.17) is 9.47 Å². The number of fused-ring (bicyclic) bond motifs is 3. The van der Waals surface area contributed by atoms with Gasteiger partial charge in [0, 0.05) is 43.2 Å². The summed E-state index contributed by atoms with van der Waals surface area (Å²) in [6.07, 6.45) is 14.5. The normalized spacial score (nSPS) is 26.6. The fourth-order valence-electron chi connectivity index (χ4n) is 3.68. The number of rotatable bonds is 4. The van der Waals surface area contributed by atoms with Crippen LogP contribution in [0.4, 0.5) is 0 Å². The minimum atomic E-state index is -0.397. The fraction of sp³-hybridized carbons (Fsp3) is 0.429. The number of hydrogen-bond donors (Lipinski definition) is 1. The van der Waals surface area contributed by atoms with Crippen molar-refractivity contribution in [2.45, 2.75) is 39.3 Å². The van der Waals surface area contributed by atoms with Gasteiger partial charge < -0.3 is 14.8 Å². The molecular formula is C21H26N2O4. The molecular weight excluding hydrogens is 344 g/mol. The monoisotopic (exact) mass is 370 g/mol. The SMILES string of the molecule is COCC1=C(C=C(C)[N+](=O)[O-])C=CC2NC3=CC=CC=C(C3)C(C)(C)C2O1. The molecule has 3 aliphatic rings. The molecule has 6 nitrogen and oxygen atoms in total. The molecule has 0 amide bonds. The van der Waals surface area contributed by atoms with Crippen LogP contribution in [0.1, 0.15) is 27.2 Å². The maximum absolute atomic E-state index is 11.1. The summed E-state index contributed by atoms with van der Waals surface area (Å²) in [5.74, 6) is 0.608. The summed E-state index contributed by atoms with van der Waals surface area (Å²) in [7, 11) is 1.59. The van der Waals surface area contributed by atoms with Crippen LogP contribution >= 0.6 is 0 Å². The molecule has 6 heteroatoms. The van der Waals surface area contributed by atoms with E-state index in [1.54, 1.807) is 7.11 Å². The molecule has 1 fully saturated rings. The van der Waals surface area contributed by atoms with Crippen LogP contribution in [0.25, 0.3) is 0 Å². The van der Waals surface area contributed by atoms with Gasteiger partial charge in [-0.15, -0.1) is 0 Å². The first-order valence-corrected chi connectivity index (χ1v) is 9.06. The van der Waals surface area contributed by atoms with Crippen LogP contribution in [-0.2, 0) is 9.47 Å². The second-order valence-electron chi connectivity index (χ2n) is 7.59. The van der Waals surface area contributed by atoms with E-state index in [-0.39, 0.29) is 29.9 Å². The van der Waals surface area contributed by atoms with E-state index in [1.165, 1.54) is 18.6 Å². The zero-order chi connectivity index (χ0) is 19.6. The molecule has 1 saturated heterocycles. The summed E-state index contributed by atoms with van der Waals surface area (Å²) >= 11 is 0. The maximum atomic E-state index is 11.1. The van der Waals surface area contributed by atoms with Crippen molar-refractivity contribution in [1.29, 1.82) is 0 Å². The van der Waals surface area contributed by atoms with E-state index < -0.39 is 4.92 Å². The van der Waals surface area contributed by atoms with E-state index in [9.17, 15) is 10.1 Å². The molecule has 1 aliphatic carbocycles. The summed E-state index contributed by atoms with van der Waals surface area (Å²) in [6, 6.07) is -0.0580. The lowest BCUT2D eigenvalue weighted by Gasteiger charge is -2.38. The number of hydrogen-bond acceptors (Lipinski definition) is 5. The van der Waals surface area contributed by atoms with Crippen molar-refractivity contribution in [3.63, 3.8) is 0 Å². The molecule has 144 valence electrons. The lowest BCUT2D eigenvalue weighted by Crippen LogP contribution is -2.45. The van der Waals surface area contributed by atoms with Crippen LogP contribution in [0.5, 0.6) is 0 Å². The van der Waals surface area contributed by atoms with Crippen LogP contribution in [0.2, 0.25) is 0 Å². The van der Waals surface area contributed by atoms with Gasteiger partial charge in [0.15, 0.2) is 0 Å². The van der Waals surface area contributed by atoms with Gasteiger partial charge in [-0.05, 0) is 6.08 Å². The first-order valence-electron chi connectivity index (χ1n) is 9.06. The lowest BCUT2D eigenvalue weighted by molar-refractivity contribution is -0.424. The lowest BCUT2D eigenvalue weighted by atomic mass is 9.75. The number of nitro groups is 1. The smallest absolute Gasteiger partial charge is 0.243 e. The largest absolute Gasteiger partial charge is 0.488 e. The summed E-state index contributed by atoms with van der Waals surface area (Å²) in [6.45, 7) is 6.09. The second-order valence-corrected chi connectivity index (χ2v) is 7.59. The Morgan fingerprint density at radius 2 is 2.19 bits per heavy atom. The first kappa shape index (κ1) is 19.2. The molecule has 2 unspecified atom stereocenters. The van der Waals surface area contributed by atoms with Gasteiger partial charge in [-0.2, -0.15) is 0 Å². The van der Waals surface area contributed by atoms with Crippen LogP contribution < -0.4 is 5.32 Å². The molecule has 0 spiro atoms. The van der Waals surface area contributed by atoms with Gasteiger partial charge in [-0.3, -0.25) is 10.1 Å². The molecule has 2 aliphatic heterocycles. The van der Waals surface area contributed by atoms with Gasteiger partial charge in [-0.1, -0.05) is 49.8 Å². The number of ether oxygens (including phenoxy) is 2. The Hall–Kier alpha value is -2.60. The van der Waals surface area contributed by atoms with Gasteiger partial charge in [0.25, 0.3) is 0 Å². The quantitative estimate of drug-likeness (QED) is 0.602. The number of allylic oxidation sites excluding steroid dienone is 9. The van der Waals surface area contributed by atoms with Crippen molar-refractivity contribution in [2.24, 2.45) is 5.41 Å². The van der Waals surface area contributed by atoms with Crippen LogP contribution in [0.15, 0.2) is 70.8 Å². The average molecular weight is 370 g/mol. The Morgan fingerprint density at radius 3 is 2.89 bits per heavy atom. The molecule has 2 bridgehead atoms. The Morgan fingerprint density at radius 1 is 1.44 bits per heavy atom. The second kappa shape index (κ2) is 7.56. The number of methoxy groups -OCH3 is 1. The summed E-state index contributed by atoms with van der Waals surface area (Å²) in [4.78, 5) is 10.7. The Bertz CT molecular complexity index is 812. The molecule has 2 heterocycles. The van der Waals surface area contributed by atoms with Gasteiger partial charge in [-0.25, -0.2) is 0 Å².